The zero-order valence-corrected chi connectivity index (χ0v) is 15.9. The molecule has 0 radical (unpaired) electrons. The first-order valence-electron chi connectivity index (χ1n) is 8.77. The highest BCUT2D eigenvalue weighted by atomic mass is 16.5. The van der Waals surface area contributed by atoms with Crippen molar-refractivity contribution in [3.8, 4) is 0 Å². The number of anilines is 3. The average Bonchev–Trinajstić information content (AvgIpc) is 2.71. The van der Waals surface area contributed by atoms with E-state index in [0.29, 0.717) is 22.6 Å². The molecule has 2 aromatic carbocycles. The number of aryl methyl sites for hydroxylation is 2. The number of pyridine rings is 1. The molecule has 142 valence electrons. The Morgan fingerprint density at radius 3 is 2.39 bits per heavy atom. The highest BCUT2D eigenvalue weighted by Crippen LogP contribution is 2.23. The van der Waals surface area contributed by atoms with Crippen molar-refractivity contribution in [1.82, 2.24) is 4.98 Å². The quantitative estimate of drug-likeness (QED) is 0.643. The van der Waals surface area contributed by atoms with Crippen LogP contribution in [0.3, 0.4) is 0 Å². The monoisotopic (exact) mass is 375 g/mol. The van der Waals surface area contributed by atoms with Gasteiger partial charge < -0.3 is 15.4 Å². The van der Waals surface area contributed by atoms with E-state index in [-0.39, 0.29) is 5.91 Å². The Morgan fingerprint density at radius 1 is 0.964 bits per heavy atom. The normalized spacial score (nSPS) is 10.2. The zero-order valence-electron chi connectivity index (χ0n) is 15.9. The molecule has 3 rings (SSSR count). The molecular formula is C22H21N3O3. The first kappa shape index (κ1) is 19.1. The van der Waals surface area contributed by atoms with E-state index in [1.165, 1.54) is 7.11 Å². The molecule has 0 bridgehead atoms. The van der Waals surface area contributed by atoms with Crippen LogP contribution in [0.4, 0.5) is 17.2 Å². The summed E-state index contributed by atoms with van der Waals surface area (Å²) in [6.45, 7) is 3.90. The molecule has 0 spiro atoms. The summed E-state index contributed by atoms with van der Waals surface area (Å²) in [6, 6.07) is 16.1. The van der Waals surface area contributed by atoms with E-state index in [4.69, 9.17) is 4.74 Å². The fourth-order valence-corrected chi connectivity index (χ4v) is 2.86. The van der Waals surface area contributed by atoms with Crippen molar-refractivity contribution in [3.63, 3.8) is 0 Å². The van der Waals surface area contributed by atoms with Gasteiger partial charge in [-0.3, -0.25) is 4.79 Å². The van der Waals surface area contributed by atoms with Crippen LogP contribution in [0, 0.1) is 13.8 Å². The Hall–Kier alpha value is -3.67. The number of para-hydroxylation sites is 2. The molecule has 6 nitrogen and oxygen atoms in total. The summed E-state index contributed by atoms with van der Waals surface area (Å²) in [5.74, 6) is -0.235. The second-order valence-corrected chi connectivity index (χ2v) is 6.31. The van der Waals surface area contributed by atoms with E-state index < -0.39 is 5.97 Å². The topological polar surface area (TPSA) is 80.3 Å². The van der Waals surface area contributed by atoms with Gasteiger partial charge in [0.05, 0.1) is 18.4 Å². The molecule has 0 fully saturated rings. The highest BCUT2D eigenvalue weighted by Gasteiger charge is 2.13. The Morgan fingerprint density at radius 2 is 1.68 bits per heavy atom. The summed E-state index contributed by atoms with van der Waals surface area (Å²) in [7, 11) is 1.33. The van der Waals surface area contributed by atoms with E-state index in [2.05, 4.69) is 15.6 Å². The number of methoxy groups -OCH3 is 1. The van der Waals surface area contributed by atoms with Crippen molar-refractivity contribution in [2.45, 2.75) is 13.8 Å². The van der Waals surface area contributed by atoms with Crippen LogP contribution in [-0.2, 0) is 4.74 Å². The van der Waals surface area contributed by atoms with Crippen molar-refractivity contribution in [2.24, 2.45) is 0 Å². The summed E-state index contributed by atoms with van der Waals surface area (Å²) in [6.07, 6.45) is 1.54. The minimum absolute atomic E-state index is 0.232. The second-order valence-electron chi connectivity index (χ2n) is 6.31. The van der Waals surface area contributed by atoms with Gasteiger partial charge in [-0.15, -0.1) is 0 Å². The van der Waals surface area contributed by atoms with Crippen molar-refractivity contribution < 1.29 is 14.3 Å². The number of ether oxygens (including phenoxy) is 1. The van der Waals surface area contributed by atoms with E-state index >= 15 is 0 Å². The Balaban J connectivity index is 1.83. The summed E-state index contributed by atoms with van der Waals surface area (Å²) in [5, 5.41) is 6.03. The van der Waals surface area contributed by atoms with Crippen LogP contribution in [0.15, 0.2) is 60.8 Å². The lowest BCUT2D eigenvalue weighted by atomic mass is 10.1. The predicted octanol–water partition coefficient (Wildman–Crippen LogP) is 4.48. The van der Waals surface area contributed by atoms with Gasteiger partial charge in [0, 0.05) is 17.4 Å². The maximum atomic E-state index is 12.7. The number of esters is 1. The molecule has 0 unspecified atom stereocenters. The second kappa shape index (κ2) is 8.35. The molecule has 1 heterocycles. The maximum absolute atomic E-state index is 12.7. The number of rotatable bonds is 5. The molecule has 1 aromatic heterocycles. The zero-order chi connectivity index (χ0) is 20.1. The number of carbonyl (C=O) groups is 2. The molecule has 1 amide bonds. The molecule has 0 aliphatic rings. The highest BCUT2D eigenvalue weighted by molar-refractivity contribution is 6.05. The SMILES string of the molecule is COC(=O)c1ccccc1Nc1cc(C(=O)Nc2c(C)cccc2C)ccn1. The molecule has 0 aliphatic carbocycles. The summed E-state index contributed by atoms with van der Waals surface area (Å²) in [4.78, 5) is 28.9. The molecule has 28 heavy (non-hydrogen) atoms. The Kier molecular flexibility index (Phi) is 5.69. The molecule has 0 atom stereocenters. The number of hydrogen-bond acceptors (Lipinski definition) is 5. The Labute approximate surface area is 163 Å². The maximum Gasteiger partial charge on any atom is 0.339 e. The number of nitrogens with zero attached hydrogens (tertiary/aromatic N) is 1. The van der Waals surface area contributed by atoms with Crippen LogP contribution in [0.2, 0.25) is 0 Å². The molecule has 6 heteroatoms. The van der Waals surface area contributed by atoms with E-state index in [0.717, 1.165) is 16.8 Å². The van der Waals surface area contributed by atoms with Crippen molar-refractivity contribution >= 4 is 29.1 Å². The minimum Gasteiger partial charge on any atom is -0.465 e. The summed E-state index contributed by atoms with van der Waals surface area (Å²) < 4.78 is 4.80. The molecule has 3 aromatic rings. The number of hydrogen-bond donors (Lipinski definition) is 2. The van der Waals surface area contributed by atoms with Crippen LogP contribution in [0.1, 0.15) is 31.8 Å². The van der Waals surface area contributed by atoms with Gasteiger partial charge in [0.15, 0.2) is 0 Å². The molecule has 0 saturated heterocycles. The Bertz CT molecular complexity index is 1010. The third-order valence-corrected chi connectivity index (χ3v) is 4.34. The number of carbonyl (C=O) groups excluding carboxylic acids is 2. The molecule has 0 aliphatic heterocycles. The van der Waals surface area contributed by atoms with Gasteiger partial charge in [-0.1, -0.05) is 30.3 Å². The fourth-order valence-electron chi connectivity index (χ4n) is 2.86. The van der Waals surface area contributed by atoms with Crippen molar-refractivity contribution in [3.05, 3.63) is 83.0 Å². The van der Waals surface area contributed by atoms with Crippen molar-refractivity contribution in [2.75, 3.05) is 17.7 Å². The largest absolute Gasteiger partial charge is 0.465 e. The van der Waals surface area contributed by atoms with E-state index in [9.17, 15) is 9.59 Å². The first-order chi connectivity index (χ1) is 13.5. The van der Waals surface area contributed by atoms with Crippen LogP contribution < -0.4 is 10.6 Å². The van der Waals surface area contributed by atoms with Crippen molar-refractivity contribution in [1.29, 1.82) is 0 Å². The van der Waals surface area contributed by atoms with Crippen LogP contribution in [-0.4, -0.2) is 24.0 Å². The van der Waals surface area contributed by atoms with Gasteiger partial charge in [0.2, 0.25) is 0 Å². The van der Waals surface area contributed by atoms with Crippen LogP contribution >= 0.6 is 0 Å². The van der Waals surface area contributed by atoms with E-state index in [1.807, 2.05) is 32.0 Å². The van der Waals surface area contributed by atoms with Gasteiger partial charge in [0.1, 0.15) is 5.82 Å². The van der Waals surface area contributed by atoms with Gasteiger partial charge in [-0.2, -0.15) is 0 Å². The third-order valence-electron chi connectivity index (χ3n) is 4.34. The number of amides is 1. The summed E-state index contributed by atoms with van der Waals surface area (Å²) in [5.41, 5.74) is 4.18. The summed E-state index contributed by atoms with van der Waals surface area (Å²) >= 11 is 0. The molecular weight excluding hydrogens is 354 g/mol. The van der Waals surface area contributed by atoms with Crippen LogP contribution in [0.5, 0.6) is 0 Å². The lowest BCUT2D eigenvalue weighted by Crippen LogP contribution is -2.14. The standard InChI is InChI=1S/C22H21N3O3/c1-14-7-6-8-15(2)20(14)25-21(26)16-11-12-23-19(13-16)24-18-10-5-4-9-17(18)22(27)28-3/h4-13H,1-3H3,(H,23,24)(H,25,26). The first-order valence-corrected chi connectivity index (χ1v) is 8.77. The fraction of sp³-hybridized carbons (Fsp3) is 0.136. The average molecular weight is 375 g/mol. The van der Waals surface area contributed by atoms with Crippen LogP contribution in [0.25, 0.3) is 0 Å². The number of aromatic nitrogens is 1. The molecule has 0 saturated carbocycles. The smallest absolute Gasteiger partial charge is 0.339 e. The van der Waals surface area contributed by atoms with E-state index in [1.54, 1.807) is 42.6 Å². The predicted molar refractivity (Wildman–Crippen MR) is 109 cm³/mol. The minimum atomic E-state index is -0.452. The van der Waals surface area contributed by atoms with Gasteiger partial charge in [-0.05, 0) is 49.2 Å². The van der Waals surface area contributed by atoms with Gasteiger partial charge in [-0.25, -0.2) is 9.78 Å². The third kappa shape index (κ3) is 4.17. The molecule has 2 N–H and O–H groups in total. The lowest BCUT2D eigenvalue weighted by molar-refractivity contribution is 0.0601. The van der Waals surface area contributed by atoms with Gasteiger partial charge in [0.25, 0.3) is 5.91 Å². The number of benzene rings is 2. The number of nitrogens with one attached hydrogen (secondary N) is 2. The lowest BCUT2D eigenvalue weighted by Gasteiger charge is -2.13. The van der Waals surface area contributed by atoms with Gasteiger partial charge >= 0.3 is 5.97 Å².